The van der Waals surface area contributed by atoms with Crippen LogP contribution in [0.3, 0.4) is 0 Å². The number of aromatic nitrogens is 2. The molecule has 0 spiro atoms. The van der Waals surface area contributed by atoms with Crippen molar-refractivity contribution in [2.24, 2.45) is 7.05 Å². The van der Waals surface area contributed by atoms with Crippen LogP contribution in [0.15, 0.2) is 6.20 Å². The smallest absolute Gasteiger partial charge is 0.257 e. The zero-order chi connectivity index (χ0) is 13.1. The molecule has 1 aromatic heterocycles. The number of likely N-dealkylation sites (tertiary alicyclic amines) is 1. The number of aryl methyl sites for hydroxylation is 2. The minimum atomic E-state index is 0.107. The molecule has 0 saturated carbocycles. The van der Waals surface area contributed by atoms with E-state index in [1.807, 2.05) is 25.1 Å². The van der Waals surface area contributed by atoms with Crippen molar-refractivity contribution in [3.8, 4) is 0 Å². The summed E-state index contributed by atoms with van der Waals surface area (Å²) in [5, 5.41) is 4.24. The molecular formula is C13H20ClN3O. The lowest BCUT2D eigenvalue weighted by atomic mass is 9.99. The maximum Gasteiger partial charge on any atom is 0.257 e. The van der Waals surface area contributed by atoms with Crippen LogP contribution in [0.5, 0.6) is 0 Å². The molecule has 1 atom stereocenters. The van der Waals surface area contributed by atoms with Crippen LogP contribution >= 0.6 is 11.6 Å². The number of amides is 1. The third-order valence-electron chi connectivity index (χ3n) is 3.57. The second kappa shape index (κ2) is 5.74. The average molecular weight is 270 g/mol. The van der Waals surface area contributed by atoms with Gasteiger partial charge in [-0.15, -0.1) is 11.6 Å². The standard InChI is InChI=1S/C13H20ClN3O/c1-10-12(9-16(2)15-10)13(18)17-8-4-3-5-11(17)6-7-14/h9,11H,3-8H2,1-2H3. The Morgan fingerprint density at radius 1 is 1.56 bits per heavy atom. The van der Waals surface area contributed by atoms with Crippen molar-refractivity contribution in [1.29, 1.82) is 0 Å². The first-order valence-electron chi connectivity index (χ1n) is 6.50. The van der Waals surface area contributed by atoms with Crippen molar-refractivity contribution >= 4 is 17.5 Å². The van der Waals surface area contributed by atoms with Gasteiger partial charge in [-0.05, 0) is 32.6 Å². The third kappa shape index (κ3) is 2.69. The first kappa shape index (κ1) is 13.4. The van der Waals surface area contributed by atoms with Gasteiger partial charge in [-0.1, -0.05) is 0 Å². The monoisotopic (exact) mass is 269 g/mol. The van der Waals surface area contributed by atoms with Gasteiger partial charge in [0.25, 0.3) is 5.91 Å². The van der Waals surface area contributed by atoms with Crippen molar-refractivity contribution in [2.45, 2.75) is 38.6 Å². The SMILES string of the molecule is Cc1nn(C)cc1C(=O)N1CCCCC1CCCl. The summed E-state index contributed by atoms with van der Waals surface area (Å²) in [6.45, 7) is 2.72. The molecule has 1 fully saturated rings. The minimum Gasteiger partial charge on any atom is -0.336 e. The van der Waals surface area contributed by atoms with Gasteiger partial charge in [0.05, 0.1) is 11.3 Å². The molecule has 1 unspecified atom stereocenters. The predicted octanol–water partition coefficient (Wildman–Crippen LogP) is 2.35. The molecule has 0 bridgehead atoms. The van der Waals surface area contributed by atoms with Crippen molar-refractivity contribution in [2.75, 3.05) is 12.4 Å². The Kier molecular flexibility index (Phi) is 4.27. The number of halogens is 1. The minimum absolute atomic E-state index is 0.107. The molecule has 0 radical (unpaired) electrons. The Labute approximate surface area is 113 Å². The van der Waals surface area contributed by atoms with Crippen LogP contribution in [0.4, 0.5) is 0 Å². The maximum absolute atomic E-state index is 12.5. The van der Waals surface area contributed by atoms with Crippen LogP contribution in [-0.4, -0.2) is 39.1 Å². The summed E-state index contributed by atoms with van der Waals surface area (Å²) >= 11 is 5.83. The zero-order valence-corrected chi connectivity index (χ0v) is 11.8. The van der Waals surface area contributed by atoms with Gasteiger partial charge in [0, 0.05) is 31.7 Å². The zero-order valence-electron chi connectivity index (χ0n) is 11.0. The van der Waals surface area contributed by atoms with Crippen molar-refractivity contribution < 1.29 is 4.79 Å². The quantitative estimate of drug-likeness (QED) is 0.790. The van der Waals surface area contributed by atoms with Gasteiger partial charge in [-0.2, -0.15) is 5.10 Å². The van der Waals surface area contributed by atoms with E-state index in [4.69, 9.17) is 11.6 Å². The van der Waals surface area contributed by atoms with Gasteiger partial charge in [0.15, 0.2) is 0 Å². The highest BCUT2D eigenvalue weighted by molar-refractivity contribution is 6.17. The van der Waals surface area contributed by atoms with E-state index in [0.717, 1.165) is 37.1 Å². The number of rotatable bonds is 3. The number of nitrogens with zero attached hydrogens (tertiary/aromatic N) is 3. The van der Waals surface area contributed by atoms with E-state index in [1.165, 1.54) is 6.42 Å². The highest BCUT2D eigenvalue weighted by atomic mass is 35.5. The lowest BCUT2D eigenvalue weighted by molar-refractivity contribution is 0.0608. The number of hydrogen-bond donors (Lipinski definition) is 0. The molecule has 2 heterocycles. The third-order valence-corrected chi connectivity index (χ3v) is 3.79. The van der Waals surface area contributed by atoms with E-state index in [9.17, 15) is 4.79 Å². The summed E-state index contributed by atoms with van der Waals surface area (Å²) in [5.41, 5.74) is 1.52. The van der Waals surface area contributed by atoms with Gasteiger partial charge >= 0.3 is 0 Å². The normalized spacial score (nSPS) is 20.2. The summed E-state index contributed by atoms with van der Waals surface area (Å²) in [4.78, 5) is 14.5. The van der Waals surface area contributed by atoms with Crippen LogP contribution < -0.4 is 0 Å². The molecule has 100 valence electrons. The first-order valence-corrected chi connectivity index (χ1v) is 7.04. The molecule has 1 saturated heterocycles. The molecular weight excluding hydrogens is 250 g/mol. The molecule has 0 aromatic carbocycles. The highest BCUT2D eigenvalue weighted by Gasteiger charge is 2.28. The predicted molar refractivity (Wildman–Crippen MR) is 72.0 cm³/mol. The summed E-state index contributed by atoms with van der Waals surface area (Å²) in [6, 6.07) is 0.295. The van der Waals surface area contributed by atoms with Crippen LogP contribution in [0.2, 0.25) is 0 Å². The fourth-order valence-electron chi connectivity index (χ4n) is 2.66. The largest absolute Gasteiger partial charge is 0.336 e. The molecule has 0 aliphatic carbocycles. The van der Waals surface area contributed by atoms with E-state index in [2.05, 4.69) is 5.10 Å². The second-order valence-electron chi connectivity index (χ2n) is 4.93. The number of alkyl halides is 1. The van der Waals surface area contributed by atoms with Crippen molar-refractivity contribution in [1.82, 2.24) is 14.7 Å². The topological polar surface area (TPSA) is 38.1 Å². The van der Waals surface area contributed by atoms with E-state index in [0.29, 0.717) is 11.9 Å². The van der Waals surface area contributed by atoms with Crippen LogP contribution in [0, 0.1) is 6.92 Å². The van der Waals surface area contributed by atoms with Gasteiger partial charge in [0.2, 0.25) is 0 Å². The summed E-state index contributed by atoms with van der Waals surface area (Å²) in [6.07, 6.45) is 6.04. The van der Waals surface area contributed by atoms with Gasteiger partial charge in [0.1, 0.15) is 0 Å². The fraction of sp³-hybridized carbons (Fsp3) is 0.692. The van der Waals surface area contributed by atoms with E-state index in [1.54, 1.807) is 4.68 Å². The average Bonchev–Trinajstić information content (AvgIpc) is 2.69. The molecule has 2 rings (SSSR count). The van der Waals surface area contributed by atoms with Crippen LogP contribution in [0.25, 0.3) is 0 Å². The van der Waals surface area contributed by atoms with E-state index < -0.39 is 0 Å². The molecule has 1 aliphatic heterocycles. The summed E-state index contributed by atoms with van der Waals surface area (Å²) in [7, 11) is 1.84. The van der Waals surface area contributed by atoms with Gasteiger partial charge in [-0.3, -0.25) is 9.48 Å². The number of carbonyl (C=O) groups is 1. The summed E-state index contributed by atoms with van der Waals surface area (Å²) in [5.74, 6) is 0.718. The first-order chi connectivity index (χ1) is 8.63. The lowest BCUT2D eigenvalue weighted by Crippen LogP contribution is -2.44. The molecule has 0 N–H and O–H groups in total. The highest BCUT2D eigenvalue weighted by Crippen LogP contribution is 2.23. The van der Waals surface area contributed by atoms with Crippen LogP contribution in [0.1, 0.15) is 41.7 Å². The number of carbonyl (C=O) groups excluding carboxylic acids is 1. The summed E-state index contributed by atoms with van der Waals surface area (Å²) < 4.78 is 1.70. The van der Waals surface area contributed by atoms with Crippen LogP contribution in [-0.2, 0) is 7.05 Å². The van der Waals surface area contributed by atoms with Gasteiger partial charge in [-0.25, -0.2) is 0 Å². The fourth-order valence-corrected chi connectivity index (χ4v) is 2.91. The van der Waals surface area contributed by atoms with Crippen molar-refractivity contribution in [3.05, 3.63) is 17.5 Å². The number of piperidine rings is 1. The molecule has 1 aromatic rings. The Hall–Kier alpha value is -1.03. The molecule has 18 heavy (non-hydrogen) atoms. The van der Waals surface area contributed by atoms with E-state index in [-0.39, 0.29) is 5.91 Å². The molecule has 4 nitrogen and oxygen atoms in total. The Balaban J connectivity index is 2.18. The maximum atomic E-state index is 12.5. The second-order valence-corrected chi connectivity index (χ2v) is 5.31. The Bertz CT molecular complexity index is 428. The van der Waals surface area contributed by atoms with E-state index >= 15 is 0 Å². The molecule has 1 aliphatic rings. The number of hydrogen-bond acceptors (Lipinski definition) is 2. The Morgan fingerprint density at radius 2 is 2.33 bits per heavy atom. The van der Waals surface area contributed by atoms with Gasteiger partial charge < -0.3 is 4.90 Å². The molecule has 1 amide bonds. The lowest BCUT2D eigenvalue weighted by Gasteiger charge is -2.35. The molecule has 5 heteroatoms. The van der Waals surface area contributed by atoms with Crippen molar-refractivity contribution in [3.63, 3.8) is 0 Å². The Morgan fingerprint density at radius 3 is 2.94 bits per heavy atom.